The number of anilines is 1. The zero-order valence-corrected chi connectivity index (χ0v) is 13.1. The lowest BCUT2D eigenvalue weighted by atomic mass is 10.0. The fourth-order valence-electron chi connectivity index (χ4n) is 2.68. The first kappa shape index (κ1) is 15.3. The van der Waals surface area contributed by atoms with E-state index in [2.05, 4.69) is 27.8 Å². The first-order valence-electron chi connectivity index (χ1n) is 8.07. The summed E-state index contributed by atoms with van der Waals surface area (Å²) in [5, 5.41) is 6.44. The Morgan fingerprint density at radius 1 is 1.26 bits per heavy atom. The standard InChI is InChI=1S/C18H22N4O/c23-18(21-17-4-2-1-3-5-17)15-6-8-16(9-7-15)20-11-13-22-12-10-19-14-22/h1-2,6-10,12,14,17,20H,3-5,11,13H2,(H,21,23). The molecule has 1 heterocycles. The van der Waals surface area contributed by atoms with Crippen LogP contribution in [0.4, 0.5) is 5.69 Å². The van der Waals surface area contributed by atoms with Crippen molar-refractivity contribution >= 4 is 11.6 Å². The number of nitrogens with zero attached hydrogens (tertiary/aromatic N) is 2. The third-order valence-electron chi connectivity index (χ3n) is 4.01. The molecular formula is C18H22N4O. The number of allylic oxidation sites excluding steroid dienone is 1. The smallest absolute Gasteiger partial charge is 0.251 e. The van der Waals surface area contributed by atoms with E-state index in [0.717, 1.165) is 38.0 Å². The van der Waals surface area contributed by atoms with E-state index in [0.29, 0.717) is 5.56 Å². The number of amides is 1. The molecule has 0 saturated carbocycles. The summed E-state index contributed by atoms with van der Waals surface area (Å²) in [6.07, 6.45) is 12.8. The second-order valence-electron chi connectivity index (χ2n) is 5.76. The van der Waals surface area contributed by atoms with Crippen LogP contribution in [0, 0.1) is 0 Å². The van der Waals surface area contributed by atoms with Gasteiger partial charge in [-0.2, -0.15) is 0 Å². The van der Waals surface area contributed by atoms with E-state index in [1.54, 1.807) is 12.5 Å². The molecule has 1 aromatic carbocycles. The fourth-order valence-corrected chi connectivity index (χ4v) is 2.68. The molecule has 5 heteroatoms. The van der Waals surface area contributed by atoms with E-state index in [1.807, 2.05) is 35.0 Å². The maximum atomic E-state index is 12.2. The number of hydrogen-bond acceptors (Lipinski definition) is 3. The highest BCUT2D eigenvalue weighted by molar-refractivity contribution is 5.94. The summed E-state index contributed by atoms with van der Waals surface area (Å²) in [5.74, 6) is 0.00951. The zero-order chi connectivity index (χ0) is 15.9. The topological polar surface area (TPSA) is 59.0 Å². The summed E-state index contributed by atoms with van der Waals surface area (Å²) in [5.41, 5.74) is 1.72. The Hall–Kier alpha value is -2.56. The zero-order valence-electron chi connectivity index (χ0n) is 13.1. The maximum Gasteiger partial charge on any atom is 0.251 e. The molecular weight excluding hydrogens is 288 g/mol. The summed E-state index contributed by atoms with van der Waals surface area (Å²) in [6.45, 7) is 1.67. The van der Waals surface area contributed by atoms with Crippen molar-refractivity contribution in [2.24, 2.45) is 0 Å². The summed E-state index contributed by atoms with van der Waals surface area (Å²) < 4.78 is 2.02. The quantitative estimate of drug-likeness (QED) is 0.807. The van der Waals surface area contributed by atoms with Gasteiger partial charge in [0.15, 0.2) is 0 Å². The summed E-state index contributed by atoms with van der Waals surface area (Å²) in [4.78, 5) is 16.2. The Bertz CT molecular complexity index is 646. The van der Waals surface area contributed by atoms with Gasteiger partial charge in [0.05, 0.1) is 6.33 Å². The number of rotatable bonds is 6. The Morgan fingerprint density at radius 3 is 2.83 bits per heavy atom. The van der Waals surface area contributed by atoms with Gasteiger partial charge in [0.1, 0.15) is 0 Å². The van der Waals surface area contributed by atoms with Gasteiger partial charge in [-0.25, -0.2) is 4.98 Å². The van der Waals surface area contributed by atoms with Crippen LogP contribution in [0.5, 0.6) is 0 Å². The molecule has 0 saturated heterocycles. The van der Waals surface area contributed by atoms with Gasteiger partial charge in [-0.1, -0.05) is 12.2 Å². The molecule has 0 fully saturated rings. The molecule has 23 heavy (non-hydrogen) atoms. The van der Waals surface area contributed by atoms with Gasteiger partial charge in [0.2, 0.25) is 0 Å². The molecule has 0 bridgehead atoms. The predicted octanol–water partition coefficient (Wildman–Crippen LogP) is 2.83. The molecule has 1 aromatic heterocycles. The molecule has 5 nitrogen and oxygen atoms in total. The molecule has 2 aromatic rings. The van der Waals surface area contributed by atoms with E-state index < -0.39 is 0 Å². The minimum atomic E-state index is 0.00951. The lowest BCUT2D eigenvalue weighted by Gasteiger charge is -2.19. The number of carbonyl (C=O) groups is 1. The first-order chi connectivity index (χ1) is 11.3. The molecule has 3 rings (SSSR count). The largest absolute Gasteiger partial charge is 0.383 e. The van der Waals surface area contributed by atoms with Crippen molar-refractivity contribution in [1.29, 1.82) is 0 Å². The molecule has 1 atom stereocenters. The highest BCUT2D eigenvalue weighted by atomic mass is 16.1. The molecule has 120 valence electrons. The second-order valence-corrected chi connectivity index (χ2v) is 5.76. The van der Waals surface area contributed by atoms with Crippen LogP contribution < -0.4 is 10.6 Å². The molecule has 0 radical (unpaired) electrons. The third kappa shape index (κ3) is 4.45. The van der Waals surface area contributed by atoms with Crippen molar-refractivity contribution in [2.45, 2.75) is 31.8 Å². The summed E-state index contributed by atoms with van der Waals surface area (Å²) in [7, 11) is 0. The van der Waals surface area contributed by atoms with Gasteiger partial charge in [0, 0.05) is 42.8 Å². The van der Waals surface area contributed by atoms with Crippen LogP contribution in [-0.2, 0) is 6.54 Å². The number of nitrogens with one attached hydrogen (secondary N) is 2. The number of hydrogen-bond donors (Lipinski definition) is 2. The van der Waals surface area contributed by atoms with E-state index in [1.165, 1.54) is 0 Å². The minimum absolute atomic E-state index is 0.00951. The van der Waals surface area contributed by atoms with E-state index in [4.69, 9.17) is 0 Å². The van der Waals surface area contributed by atoms with Crippen molar-refractivity contribution in [3.63, 3.8) is 0 Å². The molecule has 2 N–H and O–H groups in total. The monoisotopic (exact) mass is 310 g/mol. The van der Waals surface area contributed by atoms with Crippen molar-refractivity contribution in [2.75, 3.05) is 11.9 Å². The first-order valence-corrected chi connectivity index (χ1v) is 8.07. The summed E-state index contributed by atoms with van der Waals surface area (Å²) in [6, 6.07) is 7.90. The van der Waals surface area contributed by atoms with Gasteiger partial charge in [0.25, 0.3) is 5.91 Å². The van der Waals surface area contributed by atoms with Crippen LogP contribution in [0.2, 0.25) is 0 Å². The predicted molar refractivity (Wildman–Crippen MR) is 91.4 cm³/mol. The highest BCUT2D eigenvalue weighted by Gasteiger charge is 2.13. The second kappa shape index (κ2) is 7.63. The van der Waals surface area contributed by atoms with E-state index >= 15 is 0 Å². The van der Waals surface area contributed by atoms with Crippen LogP contribution in [0.25, 0.3) is 0 Å². The average Bonchev–Trinajstić information content (AvgIpc) is 3.10. The average molecular weight is 310 g/mol. The highest BCUT2D eigenvalue weighted by Crippen LogP contribution is 2.13. The molecule has 0 aliphatic heterocycles. The van der Waals surface area contributed by atoms with Gasteiger partial charge in [-0.05, 0) is 43.5 Å². The molecule has 1 aliphatic rings. The van der Waals surface area contributed by atoms with E-state index in [-0.39, 0.29) is 11.9 Å². The van der Waals surface area contributed by atoms with Crippen LogP contribution in [0.1, 0.15) is 29.6 Å². The maximum absolute atomic E-state index is 12.2. The fraction of sp³-hybridized carbons (Fsp3) is 0.333. The van der Waals surface area contributed by atoms with Crippen molar-refractivity contribution in [1.82, 2.24) is 14.9 Å². The van der Waals surface area contributed by atoms with Crippen LogP contribution in [0.3, 0.4) is 0 Å². The number of carbonyl (C=O) groups excluding carboxylic acids is 1. The molecule has 1 unspecified atom stereocenters. The van der Waals surface area contributed by atoms with Gasteiger partial charge >= 0.3 is 0 Å². The molecule has 1 amide bonds. The number of aromatic nitrogens is 2. The van der Waals surface area contributed by atoms with Crippen LogP contribution in [0.15, 0.2) is 55.1 Å². The summed E-state index contributed by atoms with van der Waals surface area (Å²) >= 11 is 0. The van der Waals surface area contributed by atoms with Crippen molar-refractivity contribution in [3.8, 4) is 0 Å². The van der Waals surface area contributed by atoms with Crippen LogP contribution >= 0.6 is 0 Å². The molecule has 0 spiro atoms. The van der Waals surface area contributed by atoms with Crippen LogP contribution in [-0.4, -0.2) is 28.0 Å². The Morgan fingerprint density at radius 2 is 2.13 bits per heavy atom. The van der Waals surface area contributed by atoms with Gasteiger partial charge < -0.3 is 15.2 Å². The van der Waals surface area contributed by atoms with Crippen molar-refractivity contribution in [3.05, 3.63) is 60.7 Å². The lowest BCUT2D eigenvalue weighted by molar-refractivity contribution is 0.0935. The van der Waals surface area contributed by atoms with Gasteiger partial charge in [-0.3, -0.25) is 4.79 Å². The number of benzene rings is 1. The SMILES string of the molecule is O=C(NC1CC=CCC1)c1ccc(NCCn2ccnc2)cc1. The van der Waals surface area contributed by atoms with E-state index in [9.17, 15) is 4.79 Å². The Kier molecular flexibility index (Phi) is 5.09. The normalized spacial score (nSPS) is 17.0. The molecule has 1 aliphatic carbocycles. The number of imidazole rings is 1. The Labute approximate surface area is 136 Å². The lowest BCUT2D eigenvalue weighted by Crippen LogP contribution is -2.35. The third-order valence-corrected chi connectivity index (χ3v) is 4.01. The van der Waals surface area contributed by atoms with Crippen molar-refractivity contribution < 1.29 is 4.79 Å². The minimum Gasteiger partial charge on any atom is -0.383 e. The van der Waals surface area contributed by atoms with Gasteiger partial charge in [-0.15, -0.1) is 0 Å². The Balaban J connectivity index is 1.48.